The molecule has 232 valence electrons. The van der Waals surface area contributed by atoms with E-state index in [1.165, 1.54) is 31.3 Å². The summed E-state index contributed by atoms with van der Waals surface area (Å²) in [6, 6.07) is 0. The van der Waals surface area contributed by atoms with Crippen LogP contribution in [0.4, 0.5) is 0 Å². The van der Waals surface area contributed by atoms with Crippen molar-refractivity contribution in [3.8, 4) is 0 Å². The number of hydrogen-bond acceptors (Lipinski definition) is 8. The molecule has 7 aliphatic rings. The molecule has 16 atom stereocenters. The van der Waals surface area contributed by atoms with Crippen LogP contribution in [0.25, 0.3) is 0 Å². The first-order valence-corrected chi connectivity index (χ1v) is 16.6. The van der Waals surface area contributed by atoms with E-state index in [2.05, 4.69) is 39.1 Å². The Kier molecular flexibility index (Phi) is 7.27. The molecule has 0 unspecified atom stereocenters. The standard InChI is InChI=1S/C33H53NO7/c1-17-7-12-33(34-15-17)18(2)26-24(41-33)14-23-21-6-5-19-13-20(8-10-31(19,3)22(21)9-11-32(23,26)4)39-30-29(38)28(37)27(36)25(16-35)40-30/h5,17-18,20-30,34-38H,6-16H2,1-4H3/t17-,18+,20+,21-,22+,23+,24+,25-,26+,27+,28+,29-,30-,31+,32-,33-/m1/s1. The average molecular weight is 576 g/mol. The maximum atomic E-state index is 10.5. The van der Waals surface area contributed by atoms with E-state index >= 15 is 0 Å². The molecule has 3 aliphatic heterocycles. The second-order valence-corrected chi connectivity index (χ2v) is 15.6. The molecule has 3 saturated heterocycles. The van der Waals surface area contributed by atoms with E-state index in [1.54, 1.807) is 0 Å². The molecule has 5 N–H and O–H groups in total. The molecule has 3 heterocycles. The fourth-order valence-electron chi connectivity index (χ4n) is 11.3. The van der Waals surface area contributed by atoms with Gasteiger partial charge in [-0.05, 0) is 98.2 Å². The van der Waals surface area contributed by atoms with E-state index < -0.39 is 37.3 Å². The Morgan fingerprint density at radius 2 is 1.80 bits per heavy atom. The minimum absolute atomic E-state index is 0.113. The number of fused-ring (bicyclic) bond motifs is 7. The van der Waals surface area contributed by atoms with Gasteiger partial charge in [-0.1, -0.05) is 39.3 Å². The predicted octanol–water partition coefficient (Wildman–Crippen LogP) is 3.11. The first kappa shape index (κ1) is 29.1. The summed E-state index contributed by atoms with van der Waals surface area (Å²) in [6.07, 6.45) is 6.64. The van der Waals surface area contributed by atoms with E-state index in [0.717, 1.165) is 44.6 Å². The highest BCUT2D eigenvalue weighted by atomic mass is 16.7. The molecule has 0 amide bonds. The highest BCUT2D eigenvalue weighted by Crippen LogP contribution is 2.70. The quantitative estimate of drug-likeness (QED) is 0.326. The summed E-state index contributed by atoms with van der Waals surface area (Å²) in [5, 5.41) is 44.3. The molecule has 4 aliphatic carbocycles. The molecule has 8 heteroatoms. The molecule has 41 heavy (non-hydrogen) atoms. The highest BCUT2D eigenvalue weighted by molar-refractivity contribution is 5.26. The van der Waals surface area contributed by atoms with Gasteiger partial charge in [0.15, 0.2) is 6.29 Å². The summed E-state index contributed by atoms with van der Waals surface area (Å²) in [7, 11) is 0. The number of rotatable bonds is 3. The van der Waals surface area contributed by atoms with Crippen LogP contribution in [-0.4, -0.2) is 82.2 Å². The lowest BCUT2D eigenvalue weighted by Gasteiger charge is -2.59. The summed E-state index contributed by atoms with van der Waals surface area (Å²) in [5.41, 5.74) is 1.86. The van der Waals surface area contributed by atoms with Crippen LogP contribution in [0.15, 0.2) is 11.6 Å². The molecular formula is C33H53NO7. The molecule has 7 rings (SSSR count). The lowest BCUT2D eigenvalue weighted by Crippen LogP contribution is -2.60. The third kappa shape index (κ3) is 4.29. The van der Waals surface area contributed by atoms with Gasteiger partial charge in [0.2, 0.25) is 0 Å². The predicted molar refractivity (Wildman–Crippen MR) is 152 cm³/mol. The van der Waals surface area contributed by atoms with Crippen LogP contribution in [0, 0.1) is 46.3 Å². The molecule has 0 bridgehead atoms. The van der Waals surface area contributed by atoms with Gasteiger partial charge in [-0.15, -0.1) is 0 Å². The number of aliphatic hydroxyl groups excluding tert-OH is 4. The fraction of sp³-hybridized carbons (Fsp3) is 0.939. The molecule has 1 spiro atoms. The average Bonchev–Trinajstić information content (AvgIpc) is 3.40. The first-order chi connectivity index (χ1) is 19.5. The van der Waals surface area contributed by atoms with Gasteiger partial charge in [-0.2, -0.15) is 0 Å². The van der Waals surface area contributed by atoms with Crippen molar-refractivity contribution in [2.24, 2.45) is 46.3 Å². The number of piperidine rings is 1. The SMILES string of the molecule is C[C@@H]1CC[C@@]2(NC1)O[C@H]1C[C@H]3[C@@H]4CC=C5C[C@@H](O[C@@H]6O[C@H](CO)[C@H](O)[C@H](O)[C@H]6O)CC[C@]5(C)[C@H]4CC[C@@]3(C)[C@H]1[C@@H]2C. The number of aliphatic hydroxyl groups is 4. The van der Waals surface area contributed by atoms with Crippen molar-refractivity contribution in [3.63, 3.8) is 0 Å². The van der Waals surface area contributed by atoms with E-state index in [4.69, 9.17) is 14.2 Å². The van der Waals surface area contributed by atoms with E-state index in [1.807, 2.05) is 0 Å². The van der Waals surface area contributed by atoms with Crippen LogP contribution in [0.3, 0.4) is 0 Å². The second-order valence-electron chi connectivity index (χ2n) is 15.6. The van der Waals surface area contributed by atoms with Crippen molar-refractivity contribution in [2.45, 2.75) is 134 Å². The van der Waals surface area contributed by atoms with Gasteiger partial charge in [-0.25, -0.2) is 0 Å². The Balaban J connectivity index is 1.05. The zero-order valence-electron chi connectivity index (χ0n) is 25.4. The van der Waals surface area contributed by atoms with Crippen LogP contribution in [0.2, 0.25) is 0 Å². The van der Waals surface area contributed by atoms with Gasteiger partial charge < -0.3 is 34.6 Å². The Labute approximate surface area is 245 Å². The Morgan fingerprint density at radius 1 is 1.00 bits per heavy atom. The lowest BCUT2D eigenvalue weighted by atomic mass is 9.47. The number of ether oxygens (including phenoxy) is 3. The van der Waals surface area contributed by atoms with Crippen LogP contribution in [0.1, 0.15) is 85.5 Å². The van der Waals surface area contributed by atoms with Crippen molar-refractivity contribution >= 4 is 0 Å². The monoisotopic (exact) mass is 575 g/mol. The normalized spacial score (nSPS) is 58.3. The molecule has 0 radical (unpaired) electrons. The van der Waals surface area contributed by atoms with Gasteiger partial charge >= 0.3 is 0 Å². The second kappa shape index (κ2) is 10.2. The molecule has 0 aromatic carbocycles. The zero-order valence-corrected chi connectivity index (χ0v) is 25.4. The topological polar surface area (TPSA) is 121 Å². The molecule has 8 nitrogen and oxygen atoms in total. The van der Waals surface area contributed by atoms with Crippen molar-refractivity contribution < 1.29 is 34.6 Å². The van der Waals surface area contributed by atoms with Gasteiger partial charge in [0, 0.05) is 12.5 Å². The van der Waals surface area contributed by atoms with Crippen LogP contribution < -0.4 is 5.32 Å². The Morgan fingerprint density at radius 3 is 2.54 bits per heavy atom. The zero-order chi connectivity index (χ0) is 28.9. The molecule has 6 fully saturated rings. The number of hydrogen-bond donors (Lipinski definition) is 5. The molecule has 3 saturated carbocycles. The van der Waals surface area contributed by atoms with Gasteiger partial charge in [-0.3, -0.25) is 5.32 Å². The van der Waals surface area contributed by atoms with Gasteiger partial charge in [0.05, 0.1) is 18.8 Å². The highest BCUT2D eigenvalue weighted by Gasteiger charge is 2.68. The fourth-order valence-corrected chi connectivity index (χ4v) is 11.3. The third-order valence-electron chi connectivity index (χ3n) is 13.7. The Hall–Kier alpha value is -0.580. The molecule has 0 aromatic heterocycles. The van der Waals surface area contributed by atoms with Crippen molar-refractivity contribution in [3.05, 3.63) is 11.6 Å². The first-order valence-electron chi connectivity index (χ1n) is 16.6. The van der Waals surface area contributed by atoms with Crippen LogP contribution >= 0.6 is 0 Å². The third-order valence-corrected chi connectivity index (χ3v) is 13.7. The smallest absolute Gasteiger partial charge is 0.186 e. The maximum absolute atomic E-state index is 10.5. The summed E-state index contributed by atoms with van der Waals surface area (Å²) in [4.78, 5) is 0. The number of nitrogens with one attached hydrogen (secondary N) is 1. The summed E-state index contributed by atoms with van der Waals surface area (Å²) in [5.74, 6) is 3.99. The van der Waals surface area contributed by atoms with Gasteiger partial charge in [0.1, 0.15) is 30.1 Å². The van der Waals surface area contributed by atoms with E-state index in [-0.39, 0.29) is 17.2 Å². The van der Waals surface area contributed by atoms with E-state index in [9.17, 15) is 20.4 Å². The lowest BCUT2D eigenvalue weighted by molar-refractivity contribution is -0.313. The van der Waals surface area contributed by atoms with Crippen molar-refractivity contribution in [2.75, 3.05) is 13.2 Å². The summed E-state index contributed by atoms with van der Waals surface area (Å²) in [6.45, 7) is 10.5. The van der Waals surface area contributed by atoms with Crippen LogP contribution in [-0.2, 0) is 14.2 Å². The summed E-state index contributed by atoms with van der Waals surface area (Å²) < 4.78 is 18.9. The van der Waals surface area contributed by atoms with Gasteiger partial charge in [0.25, 0.3) is 0 Å². The van der Waals surface area contributed by atoms with E-state index in [0.29, 0.717) is 41.1 Å². The summed E-state index contributed by atoms with van der Waals surface area (Å²) >= 11 is 0. The number of allylic oxidation sites excluding steroid dienone is 1. The Bertz CT molecular complexity index is 1030. The van der Waals surface area contributed by atoms with Crippen LogP contribution in [0.5, 0.6) is 0 Å². The minimum atomic E-state index is -1.41. The van der Waals surface area contributed by atoms with Crippen molar-refractivity contribution in [1.82, 2.24) is 5.32 Å². The molecular weight excluding hydrogens is 522 g/mol. The maximum Gasteiger partial charge on any atom is 0.186 e. The molecule has 0 aromatic rings. The minimum Gasteiger partial charge on any atom is -0.394 e. The van der Waals surface area contributed by atoms with Crippen molar-refractivity contribution in [1.29, 1.82) is 0 Å². The largest absolute Gasteiger partial charge is 0.394 e.